The van der Waals surface area contributed by atoms with Gasteiger partial charge in [-0.05, 0) is 110 Å². The summed E-state index contributed by atoms with van der Waals surface area (Å²) < 4.78 is 88.4. The van der Waals surface area contributed by atoms with E-state index < -0.39 is 48.3 Å². The van der Waals surface area contributed by atoms with Gasteiger partial charge in [0.15, 0.2) is 5.75 Å². The molecule has 0 atom stereocenters. The highest BCUT2D eigenvalue weighted by Crippen LogP contribution is 2.46. The minimum atomic E-state index is -0.524. The Morgan fingerprint density at radius 1 is 0.487 bits per heavy atom. The maximum Gasteiger partial charge on any atom is 0.269 e. The monoisotopic (exact) mass is 983 g/mol. The van der Waals surface area contributed by atoms with Crippen molar-refractivity contribution < 1.29 is 20.3 Å². The van der Waals surface area contributed by atoms with Gasteiger partial charge in [-0.25, -0.2) is 4.98 Å². The van der Waals surface area contributed by atoms with Gasteiger partial charge in [0.2, 0.25) is 0 Å². The molecule has 15 rings (SSSR count). The molecule has 0 fully saturated rings. The molecule has 0 aliphatic carbocycles. The topological polar surface area (TPSA) is 40.8 Å². The maximum atomic E-state index is 9.53. The highest BCUT2D eigenvalue weighted by atomic mass is 16.5. The summed E-state index contributed by atoms with van der Waals surface area (Å²) in [7, 11) is 0. The van der Waals surface area contributed by atoms with E-state index >= 15 is 0 Å². The van der Waals surface area contributed by atoms with Crippen LogP contribution in [0.3, 0.4) is 0 Å². The third-order valence-corrected chi connectivity index (χ3v) is 14.9. The zero-order valence-corrected chi connectivity index (χ0v) is 41.6. The molecule has 0 unspecified atom stereocenters. The van der Waals surface area contributed by atoms with Crippen molar-refractivity contribution in [2.45, 2.75) is 26.2 Å². The SMILES string of the molecule is [2H]c1c([2H])c([2H])c2c(c1[2H])c1c([2H])c([2H])c([2H])c([2H])c1n2-c1cc2c3ccccc3n(-c3cc(C(C)(C)C)ccn3)c2cc1Oc1cccc(-n2[c-][n+]3c4c(cccc42)-c2ccccc2-c2ccccc2-c2cccc(-c4ccccc4)c2-3)c1. The highest BCUT2D eigenvalue weighted by molar-refractivity contribution is 6.13. The fraction of sp³-hybridized carbons (Fsp3) is 0.0571. The van der Waals surface area contributed by atoms with Crippen LogP contribution in [0.4, 0.5) is 0 Å². The molecule has 1 aliphatic heterocycles. The summed E-state index contributed by atoms with van der Waals surface area (Å²) in [5.41, 5.74) is 14.7. The minimum absolute atomic E-state index is 0.0227. The van der Waals surface area contributed by atoms with Gasteiger partial charge in [-0.1, -0.05) is 197 Å². The zero-order valence-electron chi connectivity index (χ0n) is 49.6. The van der Waals surface area contributed by atoms with Gasteiger partial charge in [-0.3, -0.25) is 13.7 Å². The largest absolute Gasteiger partial charge is 0.456 e. The van der Waals surface area contributed by atoms with E-state index in [9.17, 15) is 5.48 Å². The second-order valence-electron chi connectivity index (χ2n) is 20.3. The van der Waals surface area contributed by atoms with Crippen LogP contribution in [-0.4, -0.2) is 18.7 Å². The molecule has 0 bridgehead atoms. The smallest absolute Gasteiger partial charge is 0.269 e. The van der Waals surface area contributed by atoms with Crippen molar-refractivity contribution in [3.8, 4) is 78.9 Å². The van der Waals surface area contributed by atoms with Crippen molar-refractivity contribution in [2.75, 3.05) is 0 Å². The first-order chi connectivity index (χ1) is 40.7. The number of rotatable bonds is 6. The minimum Gasteiger partial charge on any atom is -0.456 e. The predicted molar refractivity (Wildman–Crippen MR) is 311 cm³/mol. The molecule has 360 valence electrons. The average molecular weight is 984 g/mol. The lowest BCUT2D eigenvalue weighted by atomic mass is 9.88. The quantitative estimate of drug-likeness (QED) is 0.123. The number of nitrogens with zero attached hydrogens (tertiary/aromatic N) is 5. The molecule has 0 spiro atoms. The van der Waals surface area contributed by atoms with Gasteiger partial charge in [-0.15, -0.1) is 0 Å². The first kappa shape index (κ1) is 36.2. The van der Waals surface area contributed by atoms with Crippen molar-refractivity contribution in [3.05, 3.63) is 254 Å². The Hall–Kier alpha value is -9.78. The molecule has 76 heavy (non-hydrogen) atoms. The Morgan fingerprint density at radius 2 is 1.09 bits per heavy atom. The second-order valence-corrected chi connectivity index (χ2v) is 20.3. The highest BCUT2D eigenvalue weighted by Gasteiger charge is 2.27. The molecule has 0 amide bonds. The van der Waals surface area contributed by atoms with Crippen molar-refractivity contribution >= 4 is 54.6 Å². The number of hydrogen-bond donors (Lipinski definition) is 0. The van der Waals surface area contributed by atoms with Crippen LogP contribution in [0, 0.1) is 6.33 Å². The van der Waals surface area contributed by atoms with Crippen molar-refractivity contribution in [3.63, 3.8) is 0 Å². The Kier molecular flexibility index (Phi) is 8.04. The molecule has 1 aliphatic rings. The van der Waals surface area contributed by atoms with Crippen molar-refractivity contribution in [2.24, 2.45) is 0 Å². The summed E-state index contributed by atoms with van der Waals surface area (Å²) in [6.07, 6.45) is 5.69. The number of fused-ring (bicyclic) bond motifs is 13. The zero-order chi connectivity index (χ0) is 57.6. The average Bonchev–Trinajstić information content (AvgIpc) is 2.00. The van der Waals surface area contributed by atoms with E-state index in [1.54, 1.807) is 0 Å². The van der Waals surface area contributed by atoms with Crippen molar-refractivity contribution in [1.29, 1.82) is 0 Å². The number of hydrogen-bond acceptors (Lipinski definition) is 2. The second kappa shape index (κ2) is 16.9. The summed E-state index contributed by atoms with van der Waals surface area (Å²) in [5, 5.41) is 1.52. The van der Waals surface area contributed by atoms with E-state index in [1.165, 1.54) is 4.57 Å². The summed E-state index contributed by atoms with van der Waals surface area (Å²) in [6, 6.07) is 60.2. The van der Waals surface area contributed by atoms with Gasteiger partial charge in [0.1, 0.15) is 11.6 Å². The molecule has 10 aromatic carbocycles. The number of ether oxygens (including phenoxy) is 1. The van der Waals surface area contributed by atoms with Crippen LogP contribution in [0.15, 0.2) is 243 Å². The summed E-state index contributed by atoms with van der Waals surface area (Å²) >= 11 is 0. The summed E-state index contributed by atoms with van der Waals surface area (Å²) in [6.45, 7) is 6.47. The normalized spacial score (nSPS) is 13.6. The van der Waals surface area contributed by atoms with Gasteiger partial charge in [0.05, 0.1) is 61.1 Å². The number of benzene rings is 10. The Bertz CT molecular complexity index is 5080. The molecule has 6 nitrogen and oxygen atoms in total. The Balaban J connectivity index is 1.01. The van der Waals surface area contributed by atoms with Gasteiger partial charge in [-0.2, -0.15) is 0 Å². The van der Waals surface area contributed by atoms with Gasteiger partial charge in [0, 0.05) is 33.8 Å². The number of para-hydroxylation sites is 5. The fourth-order valence-electron chi connectivity index (χ4n) is 11.5. The van der Waals surface area contributed by atoms with Crippen LogP contribution in [-0.2, 0) is 5.41 Å². The molecular formula is C70H49N5O. The lowest BCUT2D eigenvalue weighted by Crippen LogP contribution is -2.32. The van der Waals surface area contributed by atoms with E-state index in [0.29, 0.717) is 17.1 Å². The van der Waals surface area contributed by atoms with E-state index in [-0.39, 0.29) is 38.7 Å². The van der Waals surface area contributed by atoms with E-state index in [0.717, 1.165) is 88.8 Å². The summed E-state index contributed by atoms with van der Waals surface area (Å²) in [4.78, 5) is 4.95. The lowest BCUT2D eigenvalue weighted by Gasteiger charge is -2.20. The van der Waals surface area contributed by atoms with Gasteiger partial charge >= 0.3 is 0 Å². The molecule has 6 heteroatoms. The molecule has 0 saturated carbocycles. The molecule has 14 aromatic rings. The fourth-order valence-corrected chi connectivity index (χ4v) is 11.5. The Morgan fingerprint density at radius 3 is 1.84 bits per heavy atom. The third kappa shape index (κ3) is 6.73. The lowest BCUT2D eigenvalue weighted by molar-refractivity contribution is -0.570. The van der Waals surface area contributed by atoms with E-state index in [2.05, 4.69) is 156 Å². The summed E-state index contributed by atoms with van der Waals surface area (Å²) in [5.74, 6) is 1.30. The van der Waals surface area contributed by atoms with Crippen LogP contribution in [0.2, 0.25) is 0 Å². The first-order valence-corrected chi connectivity index (χ1v) is 25.4. The van der Waals surface area contributed by atoms with Gasteiger partial charge < -0.3 is 9.30 Å². The maximum absolute atomic E-state index is 9.53. The van der Waals surface area contributed by atoms with Crippen LogP contribution in [0.25, 0.3) is 122 Å². The van der Waals surface area contributed by atoms with Crippen LogP contribution < -0.4 is 9.30 Å². The molecule has 0 saturated heterocycles. The Labute approximate surface area is 451 Å². The standard InChI is InChI=1S/C70H49N5O/c1-70(2,3)46-38-39-71-67(40-46)75-62-36-16-13-30-56(62)59-42-65(74-60-34-14-11-28-54(60)55-29-12-15-35-61(55)74)66(43-64(59)75)76-48-23-17-22-47(41-48)72-44-73-68-49(45-20-5-4-6-21-45)31-18-32-57(68)52-26-9-7-24-50(52)51-25-8-10-27-53(51)58-33-19-37-63(72)69(58)73/h4-43H,1-3H3/i11D,12D,14D,15D,28D,29D,34D,35D. The van der Waals surface area contributed by atoms with Crippen LogP contribution in [0.5, 0.6) is 11.5 Å². The number of aromatic nitrogens is 5. The van der Waals surface area contributed by atoms with Crippen LogP contribution in [0.1, 0.15) is 37.3 Å². The molecule has 4 aromatic heterocycles. The molecular weight excluding hydrogens is 927 g/mol. The van der Waals surface area contributed by atoms with Gasteiger partial charge in [0.25, 0.3) is 6.33 Å². The molecule has 0 N–H and O–H groups in total. The third-order valence-electron chi connectivity index (χ3n) is 14.9. The first-order valence-electron chi connectivity index (χ1n) is 29.4. The van der Waals surface area contributed by atoms with Crippen molar-refractivity contribution in [1.82, 2.24) is 18.7 Å². The molecule has 5 heterocycles. The number of pyridine rings is 1. The predicted octanol–water partition coefficient (Wildman–Crippen LogP) is 17.4. The van der Waals surface area contributed by atoms with Crippen LogP contribution >= 0.6 is 0 Å². The molecule has 0 radical (unpaired) electrons. The number of imidazole rings is 1. The van der Waals surface area contributed by atoms with E-state index in [1.807, 2.05) is 79.0 Å². The van der Waals surface area contributed by atoms with E-state index in [4.69, 9.17) is 15.2 Å².